The first kappa shape index (κ1) is 12.1. The average Bonchev–Trinajstić information content (AvgIpc) is 2.51. The number of hydrogen-bond donors (Lipinski definition) is 0. The minimum atomic E-state index is -3.07. The summed E-state index contributed by atoms with van der Waals surface area (Å²) in [6, 6.07) is 0. The van der Waals surface area contributed by atoms with Crippen LogP contribution < -0.4 is 0 Å². The van der Waals surface area contributed by atoms with E-state index in [1.807, 2.05) is 0 Å². The molecule has 2 aliphatic rings. The number of carbonyl (C=O) groups is 1. The molecule has 0 amide bonds. The Morgan fingerprint density at radius 3 is 2.38 bits per heavy atom. The van der Waals surface area contributed by atoms with Gasteiger partial charge in [-0.1, -0.05) is 20.8 Å². The van der Waals surface area contributed by atoms with Crippen molar-refractivity contribution in [1.82, 2.24) is 0 Å². The third-order valence-corrected chi connectivity index (χ3v) is 6.86. The van der Waals surface area contributed by atoms with Crippen molar-refractivity contribution in [1.29, 1.82) is 0 Å². The van der Waals surface area contributed by atoms with E-state index in [0.29, 0.717) is 12.3 Å². The molecule has 0 aliphatic heterocycles. The predicted octanol–water partition coefficient (Wildman–Crippen LogP) is 1.82. The molecule has 0 aromatic heterocycles. The third-order valence-electron chi connectivity index (χ3n) is 5.05. The Labute approximate surface area is 97.5 Å². The van der Waals surface area contributed by atoms with Crippen molar-refractivity contribution < 1.29 is 13.2 Å². The predicted molar refractivity (Wildman–Crippen MR) is 62.9 cm³/mol. The number of rotatable bonds is 3. The van der Waals surface area contributed by atoms with Crippen molar-refractivity contribution in [2.75, 3.05) is 11.5 Å². The van der Waals surface area contributed by atoms with Crippen molar-refractivity contribution in [2.45, 2.75) is 40.0 Å². The molecular weight excluding hydrogens is 224 g/mol. The number of ketones is 1. The van der Waals surface area contributed by atoms with Gasteiger partial charge in [0.2, 0.25) is 0 Å². The van der Waals surface area contributed by atoms with Gasteiger partial charge in [0.1, 0.15) is 5.78 Å². The highest BCUT2D eigenvalue weighted by Gasteiger charge is 2.65. The monoisotopic (exact) mass is 244 g/mol. The van der Waals surface area contributed by atoms with Gasteiger partial charge in [-0.3, -0.25) is 4.79 Å². The van der Waals surface area contributed by atoms with E-state index in [-0.39, 0.29) is 22.7 Å². The summed E-state index contributed by atoms with van der Waals surface area (Å²) in [7, 11) is -3.07. The van der Waals surface area contributed by atoms with Crippen LogP contribution in [-0.2, 0) is 14.6 Å². The SMILES string of the molecule is CCS(=O)(=O)C[C@]12CCC(CC1=O)C2(C)C. The van der Waals surface area contributed by atoms with Crippen molar-refractivity contribution >= 4 is 15.6 Å². The molecule has 4 heteroatoms. The lowest BCUT2D eigenvalue weighted by Crippen LogP contribution is -2.42. The van der Waals surface area contributed by atoms with Gasteiger partial charge in [-0.25, -0.2) is 8.42 Å². The Morgan fingerprint density at radius 1 is 1.38 bits per heavy atom. The van der Waals surface area contributed by atoms with Gasteiger partial charge in [0.15, 0.2) is 9.84 Å². The second-order valence-corrected chi connectivity index (χ2v) is 8.20. The number of sulfone groups is 1. The molecular formula is C12H20O3S. The van der Waals surface area contributed by atoms with Crippen LogP contribution in [0.1, 0.15) is 40.0 Å². The third kappa shape index (κ3) is 1.38. The van der Waals surface area contributed by atoms with Gasteiger partial charge in [0.05, 0.1) is 5.75 Å². The van der Waals surface area contributed by atoms with Crippen molar-refractivity contribution in [3.63, 3.8) is 0 Å². The molecule has 0 N–H and O–H groups in total. The quantitative estimate of drug-likeness (QED) is 0.761. The van der Waals surface area contributed by atoms with Crippen molar-refractivity contribution in [2.24, 2.45) is 16.7 Å². The summed E-state index contributed by atoms with van der Waals surface area (Å²) < 4.78 is 23.6. The minimum Gasteiger partial charge on any atom is -0.299 e. The van der Waals surface area contributed by atoms with Crippen LogP contribution in [0.15, 0.2) is 0 Å². The van der Waals surface area contributed by atoms with Crippen LogP contribution in [0.2, 0.25) is 0 Å². The van der Waals surface area contributed by atoms with E-state index in [2.05, 4.69) is 13.8 Å². The summed E-state index contributed by atoms with van der Waals surface area (Å²) in [4.78, 5) is 12.1. The molecule has 0 aromatic carbocycles. The highest BCUT2D eigenvalue weighted by molar-refractivity contribution is 7.91. The molecule has 92 valence electrons. The Hall–Kier alpha value is -0.380. The smallest absolute Gasteiger partial charge is 0.151 e. The minimum absolute atomic E-state index is 0.0683. The molecule has 2 fully saturated rings. The van der Waals surface area contributed by atoms with Crippen LogP contribution in [0.4, 0.5) is 0 Å². The summed E-state index contributed by atoms with van der Waals surface area (Å²) in [5.41, 5.74) is -0.709. The maximum Gasteiger partial charge on any atom is 0.151 e. The van der Waals surface area contributed by atoms with Crippen LogP contribution in [0.5, 0.6) is 0 Å². The van der Waals surface area contributed by atoms with Crippen molar-refractivity contribution in [3.05, 3.63) is 0 Å². The van der Waals surface area contributed by atoms with E-state index in [1.54, 1.807) is 6.92 Å². The molecule has 2 saturated carbocycles. The fraction of sp³-hybridized carbons (Fsp3) is 0.917. The molecule has 0 aromatic rings. The molecule has 0 saturated heterocycles. The number of fused-ring (bicyclic) bond motifs is 2. The normalized spacial score (nSPS) is 36.9. The first-order valence-corrected chi connectivity index (χ1v) is 7.81. The standard InChI is InChI=1S/C12H20O3S/c1-4-16(14,15)8-12-6-5-9(7-10(12)13)11(12,2)3/h9H,4-8H2,1-3H3/t9?,12-/m1/s1. The van der Waals surface area contributed by atoms with Crippen LogP contribution in [0.25, 0.3) is 0 Å². The van der Waals surface area contributed by atoms with E-state index in [9.17, 15) is 13.2 Å². The number of carbonyl (C=O) groups excluding carboxylic acids is 1. The maximum absolute atomic E-state index is 12.1. The van der Waals surface area contributed by atoms with E-state index in [1.165, 1.54) is 0 Å². The zero-order chi connectivity index (χ0) is 12.2. The van der Waals surface area contributed by atoms with Gasteiger partial charge in [-0.05, 0) is 24.2 Å². The molecule has 0 spiro atoms. The van der Waals surface area contributed by atoms with Crippen LogP contribution in [-0.4, -0.2) is 25.7 Å². The molecule has 2 bridgehead atoms. The van der Waals surface area contributed by atoms with Gasteiger partial charge in [0.25, 0.3) is 0 Å². The zero-order valence-corrected chi connectivity index (χ0v) is 11.1. The Bertz CT molecular complexity index is 422. The van der Waals surface area contributed by atoms with Gasteiger partial charge < -0.3 is 0 Å². The lowest BCUT2D eigenvalue weighted by atomic mass is 9.70. The van der Waals surface area contributed by atoms with Gasteiger partial charge in [-0.15, -0.1) is 0 Å². The van der Waals surface area contributed by atoms with Gasteiger partial charge >= 0.3 is 0 Å². The first-order chi connectivity index (χ1) is 7.25. The highest BCUT2D eigenvalue weighted by atomic mass is 32.2. The Morgan fingerprint density at radius 2 is 2.00 bits per heavy atom. The molecule has 2 atom stereocenters. The molecule has 1 unspecified atom stereocenters. The van der Waals surface area contributed by atoms with Crippen molar-refractivity contribution in [3.8, 4) is 0 Å². The van der Waals surface area contributed by atoms with E-state index < -0.39 is 15.3 Å². The number of hydrogen-bond acceptors (Lipinski definition) is 3. The molecule has 0 radical (unpaired) electrons. The Balaban J connectivity index is 2.40. The Kier molecular flexibility index (Phi) is 2.50. The number of Topliss-reactive ketones (excluding diaryl/α,β-unsaturated/α-hetero) is 1. The summed E-state index contributed by atoms with van der Waals surface area (Å²) >= 11 is 0. The van der Waals surface area contributed by atoms with Crippen LogP contribution in [0.3, 0.4) is 0 Å². The molecule has 2 aliphatic carbocycles. The largest absolute Gasteiger partial charge is 0.299 e. The molecule has 3 nitrogen and oxygen atoms in total. The van der Waals surface area contributed by atoms with E-state index >= 15 is 0 Å². The summed E-state index contributed by atoms with van der Waals surface area (Å²) in [5, 5.41) is 0. The average molecular weight is 244 g/mol. The van der Waals surface area contributed by atoms with Gasteiger partial charge in [-0.2, -0.15) is 0 Å². The van der Waals surface area contributed by atoms with Crippen LogP contribution in [0, 0.1) is 16.7 Å². The molecule has 16 heavy (non-hydrogen) atoms. The molecule has 0 heterocycles. The summed E-state index contributed by atoms with van der Waals surface area (Å²) in [6.07, 6.45) is 2.37. The maximum atomic E-state index is 12.1. The second-order valence-electron chi connectivity index (χ2n) is 5.84. The second kappa shape index (κ2) is 3.31. The lowest BCUT2D eigenvalue weighted by molar-refractivity contribution is -0.128. The summed E-state index contributed by atoms with van der Waals surface area (Å²) in [5.74, 6) is 0.791. The van der Waals surface area contributed by atoms with Crippen LogP contribution >= 0.6 is 0 Å². The fourth-order valence-corrected chi connectivity index (χ4v) is 5.22. The lowest BCUT2D eigenvalue weighted by Gasteiger charge is -2.36. The van der Waals surface area contributed by atoms with Gasteiger partial charge in [0, 0.05) is 17.6 Å². The van der Waals surface area contributed by atoms with E-state index in [4.69, 9.17) is 0 Å². The molecule has 2 rings (SSSR count). The van der Waals surface area contributed by atoms with E-state index in [0.717, 1.165) is 12.8 Å². The zero-order valence-electron chi connectivity index (χ0n) is 10.2. The summed E-state index contributed by atoms with van der Waals surface area (Å²) in [6.45, 7) is 5.80. The highest BCUT2D eigenvalue weighted by Crippen LogP contribution is 2.64. The fourth-order valence-electron chi connectivity index (χ4n) is 3.59. The first-order valence-electron chi connectivity index (χ1n) is 5.99. The topological polar surface area (TPSA) is 51.2 Å².